The Morgan fingerprint density at radius 3 is 2.60 bits per heavy atom. The molecule has 0 aromatic carbocycles. The summed E-state index contributed by atoms with van der Waals surface area (Å²) in [5.41, 5.74) is 2.75. The highest BCUT2D eigenvalue weighted by molar-refractivity contribution is 6.06. The van der Waals surface area contributed by atoms with Gasteiger partial charge in [0.2, 0.25) is 0 Å². The van der Waals surface area contributed by atoms with Crippen LogP contribution in [0.4, 0.5) is 0 Å². The molecule has 2 aromatic heterocycles. The van der Waals surface area contributed by atoms with Crippen LogP contribution in [0.1, 0.15) is 68.2 Å². The molecule has 0 radical (unpaired) electrons. The van der Waals surface area contributed by atoms with Crippen molar-refractivity contribution in [2.75, 3.05) is 13.1 Å². The van der Waals surface area contributed by atoms with Gasteiger partial charge < -0.3 is 9.84 Å². The van der Waals surface area contributed by atoms with E-state index in [1.807, 2.05) is 13.0 Å². The third-order valence-corrected chi connectivity index (χ3v) is 4.86. The van der Waals surface area contributed by atoms with E-state index in [4.69, 9.17) is 4.52 Å². The van der Waals surface area contributed by atoms with E-state index >= 15 is 0 Å². The molecule has 0 bridgehead atoms. The first-order valence-electron chi connectivity index (χ1n) is 9.19. The van der Waals surface area contributed by atoms with E-state index < -0.39 is 0 Å². The summed E-state index contributed by atoms with van der Waals surface area (Å²) in [6.45, 7) is 12.0. The van der Waals surface area contributed by atoms with Crippen molar-refractivity contribution in [2.24, 2.45) is 0 Å². The fourth-order valence-electron chi connectivity index (χ4n) is 3.39. The van der Waals surface area contributed by atoms with Gasteiger partial charge in [0.15, 0.2) is 0 Å². The molecule has 1 saturated carbocycles. The van der Waals surface area contributed by atoms with Crippen LogP contribution in [-0.4, -0.2) is 46.1 Å². The number of rotatable bonds is 7. The first kappa shape index (κ1) is 17.9. The van der Waals surface area contributed by atoms with Crippen LogP contribution in [0, 0.1) is 6.92 Å². The molecule has 0 spiro atoms. The second kappa shape index (κ2) is 7.12. The average Bonchev–Trinajstić information content (AvgIpc) is 3.34. The number of carbonyl (C=O) groups is 1. The molecule has 1 fully saturated rings. The Kier molecular flexibility index (Phi) is 5.08. The summed E-state index contributed by atoms with van der Waals surface area (Å²) in [4.78, 5) is 19.7. The maximum atomic E-state index is 12.8. The molecule has 6 heteroatoms. The van der Waals surface area contributed by atoms with E-state index in [1.165, 1.54) is 0 Å². The lowest BCUT2D eigenvalue weighted by atomic mass is 10.1. The summed E-state index contributed by atoms with van der Waals surface area (Å²) in [7, 11) is 0. The molecular formula is C19H28N4O2. The van der Waals surface area contributed by atoms with Gasteiger partial charge in [-0.1, -0.05) is 5.16 Å². The molecule has 0 aliphatic heterocycles. The third-order valence-electron chi connectivity index (χ3n) is 4.86. The molecule has 0 saturated heterocycles. The lowest BCUT2D eigenvalue weighted by Gasteiger charge is -2.30. The SMILES string of the molecule is Cc1noc2nc(C3CC3)cc(C(=O)NCCN(C(C)C)C(C)C)c12. The van der Waals surface area contributed by atoms with Crippen LogP contribution in [0.15, 0.2) is 10.6 Å². The molecule has 1 aliphatic rings. The van der Waals surface area contributed by atoms with Crippen LogP contribution in [0.25, 0.3) is 11.1 Å². The Bertz CT molecular complexity index is 754. The number of aryl methyl sites for hydroxylation is 1. The molecule has 6 nitrogen and oxygen atoms in total. The molecule has 136 valence electrons. The summed E-state index contributed by atoms with van der Waals surface area (Å²) in [6.07, 6.45) is 2.26. The fraction of sp³-hybridized carbons (Fsp3) is 0.632. The zero-order valence-corrected chi connectivity index (χ0v) is 15.8. The quantitative estimate of drug-likeness (QED) is 0.835. The van der Waals surface area contributed by atoms with Crippen molar-refractivity contribution >= 4 is 17.0 Å². The molecule has 3 rings (SSSR count). The third kappa shape index (κ3) is 3.84. The van der Waals surface area contributed by atoms with Gasteiger partial charge in [0.05, 0.1) is 16.6 Å². The van der Waals surface area contributed by atoms with Crippen LogP contribution in [-0.2, 0) is 0 Å². The van der Waals surface area contributed by atoms with Crippen molar-refractivity contribution in [3.05, 3.63) is 23.0 Å². The largest absolute Gasteiger partial charge is 0.351 e. The van der Waals surface area contributed by atoms with Gasteiger partial charge in [0, 0.05) is 36.8 Å². The second-order valence-corrected chi connectivity index (χ2v) is 7.50. The fourth-order valence-corrected chi connectivity index (χ4v) is 3.39. The van der Waals surface area contributed by atoms with Crippen molar-refractivity contribution in [1.82, 2.24) is 20.4 Å². The zero-order valence-electron chi connectivity index (χ0n) is 15.8. The van der Waals surface area contributed by atoms with Crippen LogP contribution < -0.4 is 5.32 Å². The van der Waals surface area contributed by atoms with Crippen molar-refractivity contribution in [1.29, 1.82) is 0 Å². The van der Waals surface area contributed by atoms with Gasteiger partial charge in [-0.3, -0.25) is 9.69 Å². The Balaban J connectivity index is 1.76. The minimum Gasteiger partial charge on any atom is -0.351 e. The number of pyridine rings is 1. The molecule has 2 heterocycles. The number of carbonyl (C=O) groups excluding carboxylic acids is 1. The number of nitrogens with one attached hydrogen (secondary N) is 1. The molecule has 2 aromatic rings. The van der Waals surface area contributed by atoms with E-state index in [2.05, 4.69) is 48.1 Å². The van der Waals surface area contributed by atoms with E-state index in [-0.39, 0.29) is 5.91 Å². The molecule has 25 heavy (non-hydrogen) atoms. The first-order chi connectivity index (χ1) is 11.9. The van der Waals surface area contributed by atoms with Crippen molar-refractivity contribution < 1.29 is 9.32 Å². The lowest BCUT2D eigenvalue weighted by molar-refractivity contribution is 0.0941. The number of hydrogen-bond donors (Lipinski definition) is 1. The monoisotopic (exact) mass is 344 g/mol. The van der Waals surface area contributed by atoms with Gasteiger partial charge in [-0.05, 0) is 53.5 Å². The van der Waals surface area contributed by atoms with E-state index in [0.29, 0.717) is 41.5 Å². The Morgan fingerprint density at radius 1 is 1.32 bits per heavy atom. The van der Waals surface area contributed by atoms with E-state index in [1.54, 1.807) is 0 Å². The Hall–Kier alpha value is -1.95. The highest BCUT2D eigenvalue weighted by Gasteiger charge is 2.28. The van der Waals surface area contributed by atoms with Crippen LogP contribution in [0.5, 0.6) is 0 Å². The molecule has 1 N–H and O–H groups in total. The van der Waals surface area contributed by atoms with Gasteiger partial charge >= 0.3 is 0 Å². The molecular weight excluding hydrogens is 316 g/mol. The lowest BCUT2D eigenvalue weighted by Crippen LogP contribution is -2.42. The van der Waals surface area contributed by atoms with Gasteiger partial charge in [-0.2, -0.15) is 0 Å². The van der Waals surface area contributed by atoms with Gasteiger partial charge in [-0.25, -0.2) is 4.98 Å². The molecule has 0 unspecified atom stereocenters. The Morgan fingerprint density at radius 2 is 2.00 bits per heavy atom. The molecule has 0 atom stereocenters. The summed E-state index contributed by atoms with van der Waals surface area (Å²) in [5, 5.41) is 7.77. The van der Waals surface area contributed by atoms with E-state index in [0.717, 1.165) is 30.5 Å². The molecule has 1 aliphatic carbocycles. The predicted octanol–water partition coefficient (Wildman–Crippen LogP) is 3.26. The summed E-state index contributed by atoms with van der Waals surface area (Å²) in [5.74, 6) is 0.381. The predicted molar refractivity (Wildman–Crippen MR) is 97.8 cm³/mol. The number of hydrogen-bond acceptors (Lipinski definition) is 5. The van der Waals surface area contributed by atoms with Crippen molar-refractivity contribution in [2.45, 2.75) is 65.5 Å². The second-order valence-electron chi connectivity index (χ2n) is 7.50. The zero-order chi connectivity index (χ0) is 18.1. The minimum absolute atomic E-state index is 0.0759. The molecule has 1 amide bonds. The van der Waals surface area contributed by atoms with Gasteiger partial charge in [0.25, 0.3) is 11.6 Å². The van der Waals surface area contributed by atoms with E-state index in [9.17, 15) is 4.79 Å². The highest BCUT2D eigenvalue weighted by atomic mass is 16.5. The van der Waals surface area contributed by atoms with Crippen molar-refractivity contribution in [3.63, 3.8) is 0 Å². The summed E-state index contributed by atoms with van der Waals surface area (Å²) >= 11 is 0. The smallest absolute Gasteiger partial charge is 0.259 e. The van der Waals surface area contributed by atoms with Crippen molar-refractivity contribution in [3.8, 4) is 0 Å². The van der Waals surface area contributed by atoms with Crippen LogP contribution in [0.2, 0.25) is 0 Å². The standard InChI is InChI=1S/C19H28N4O2/c1-11(2)23(12(3)4)9-8-20-18(24)15-10-16(14-6-7-14)21-19-17(15)13(5)22-25-19/h10-12,14H,6-9H2,1-5H3,(H,20,24). The van der Waals surface area contributed by atoms with Crippen LogP contribution in [0.3, 0.4) is 0 Å². The first-order valence-corrected chi connectivity index (χ1v) is 9.19. The number of nitrogens with zero attached hydrogens (tertiary/aromatic N) is 3. The maximum absolute atomic E-state index is 12.8. The maximum Gasteiger partial charge on any atom is 0.259 e. The normalized spacial score (nSPS) is 14.9. The Labute approximate surface area is 149 Å². The highest BCUT2D eigenvalue weighted by Crippen LogP contribution is 2.40. The average molecular weight is 344 g/mol. The minimum atomic E-state index is -0.0759. The number of amides is 1. The van der Waals surface area contributed by atoms with Crippen LogP contribution >= 0.6 is 0 Å². The summed E-state index contributed by atoms with van der Waals surface area (Å²) < 4.78 is 5.31. The summed E-state index contributed by atoms with van der Waals surface area (Å²) in [6, 6.07) is 2.82. The van der Waals surface area contributed by atoms with Gasteiger partial charge in [0.1, 0.15) is 0 Å². The number of fused-ring (bicyclic) bond motifs is 1. The number of aromatic nitrogens is 2. The van der Waals surface area contributed by atoms with Gasteiger partial charge in [-0.15, -0.1) is 0 Å². The topological polar surface area (TPSA) is 71.3 Å².